The van der Waals surface area contributed by atoms with Gasteiger partial charge in [-0.15, -0.1) is 0 Å². The zero-order valence-electron chi connectivity index (χ0n) is 13.9. The molecule has 130 valence electrons. The summed E-state index contributed by atoms with van der Waals surface area (Å²) in [5.41, 5.74) is 0.607. The Morgan fingerprint density at radius 1 is 1.28 bits per heavy atom. The Morgan fingerprint density at radius 3 is 2.88 bits per heavy atom. The van der Waals surface area contributed by atoms with E-state index in [1.54, 1.807) is 23.3 Å². The van der Waals surface area contributed by atoms with Crippen LogP contribution < -0.4 is 10.6 Å². The van der Waals surface area contributed by atoms with Crippen LogP contribution in [0, 0.1) is 5.92 Å². The highest BCUT2D eigenvalue weighted by Gasteiger charge is 2.31. The lowest BCUT2D eigenvalue weighted by Crippen LogP contribution is -2.46. The fourth-order valence-electron chi connectivity index (χ4n) is 3.10. The third-order valence-electron chi connectivity index (χ3n) is 4.35. The third kappa shape index (κ3) is 4.12. The fourth-order valence-corrected chi connectivity index (χ4v) is 3.10. The van der Waals surface area contributed by atoms with E-state index >= 15 is 0 Å². The van der Waals surface area contributed by atoms with Crippen LogP contribution in [-0.2, 0) is 9.59 Å². The number of pyridine rings is 1. The number of anilines is 1. The van der Waals surface area contributed by atoms with E-state index in [1.807, 2.05) is 18.2 Å². The van der Waals surface area contributed by atoms with Gasteiger partial charge >= 0.3 is 0 Å². The molecule has 0 spiro atoms. The Hall–Kier alpha value is -2.96. The minimum Gasteiger partial charge on any atom is -0.349 e. The maximum atomic E-state index is 12.7. The van der Waals surface area contributed by atoms with Gasteiger partial charge in [-0.3, -0.25) is 9.59 Å². The van der Waals surface area contributed by atoms with Gasteiger partial charge in [0.05, 0.1) is 24.0 Å². The lowest BCUT2D eigenvalue weighted by atomic mass is 9.83. The fraction of sp³-hybridized carbons (Fsp3) is 0.333. The molecule has 1 aliphatic carbocycles. The molecule has 2 aromatic rings. The molecule has 2 aromatic heterocycles. The smallest absolute Gasteiger partial charge is 0.243 e. The minimum absolute atomic E-state index is 0.102. The van der Waals surface area contributed by atoms with Crippen molar-refractivity contribution in [2.45, 2.75) is 31.7 Å². The molecule has 1 saturated carbocycles. The Kier molecular flexibility index (Phi) is 5.23. The number of nitrogens with one attached hydrogen (secondary N) is 2. The van der Waals surface area contributed by atoms with Gasteiger partial charge in [-0.05, 0) is 31.1 Å². The van der Waals surface area contributed by atoms with Crippen molar-refractivity contribution in [3.8, 4) is 5.82 Å². The number of amides is 2. The molecule has 2 amide bonds. The molecule has 0 saturated heterocycles. The van der Waals surface area contributed by atoms with E-state index in [0.29, 0.717) is 11.5 Å². The van der Waals surface area contributed by atoms with Crippen molar-refractivity contribution in [1.29, 1.82) is 0 Å². The van der Waals surface area contributed by atoms with Gasteiger partial charge < -0.3 is 10.6 Å². The lowest BCUT2D eigenvalue weighted by Gasteiger charge is -2.30. The first-order valence-corrected chi connectivity index (χ1v) is 8.37. The van der Waals surface area contributed by atoms with Crippen LogP contribution in [0.4, 0.5) is 5.69 Å². The van der Waals surface area contributed by atoms with E-state index in [9.17, 15) is 9.59 Å². The molecule has 0 aromatic carbocycles. The summed E-state index contributed by atoms with van der Waals surface area (Å²) in [6, 6.07) is 5.37. The van der Waals surface area contributed by atoms with Gasteiger partial charge in [0.1, 0.15) is 0 Å². The maximum Gasteiger partial charge on any atom is 0.243 e. The van der Waals surface area contributed by atoms with Crippen LogP contribution in [-0.4, -0.2) is 32.6 Å². The van der Waals surface area contributed by atoms with E-state index in [-0.39, 0.29) is 23.8 Å². The first kappa shape index (κ1) is 16.9. The van der Waals surface area contributed by atoms with Crippen molar-refractivity contribution in [1.82, 2.24) is 20.1 Å². The average Bonchev–Trinajstić information content (AvgIpc) is 3.11. The summed E-state index contributed by atoms with van der Waals surface area (Å²) in [4.78, 5) is 28.5. The molecule has 2 N–H and O–H groups in total. The van der Waals surface area contributed by atoms with Gasteiger partial charge in [0.2, 0.25) is 11.8 Å². The maximum absolute atomic E-state index is 12.7. The molecule has 1 fully saturated rings. The molecule has 2 atom stereocenters. The van der Waals surface area contributed by atoms with Gasteiger partial charge in [-0.2, -0.15) is 5.10 Å². The second-order valence-corrected chi connectivity index (χ2v) is 6.06. The molecule has 0 bridgehead atoms. The summed E-state index contributed by atoms with van der Waals surface area (Å²) in [5, 5.41) is 9.99. The molecule has 7 heteroatoms. The standard InChI is InChI=1S/C18H21N5O2/c1-2-17(24)22-15-8-4-3-7-14(15)18(25)21-13-11-20-23(12-13)16-9-5-6-10-19-16/h2,5-6,9-12,14-15H,1,3-4,7-8H2,(H,21,25)(H,22,24)/t14-,15+/m0/s1. The number of carbonyl (C=O) groups excluding carboxylic acids is 2. The predicted molar refractivity (Wildman–Crippen MR) is 94.1 cm³/mol. The molecule has 1 aliphatic rings. The number of hydrogen-bond donors (Lipinski definition) is 2. The highest BCUT2D eigenvalue weighted by molar-refractivity contribution is 5.94. The van der Waals surface area contributed by atoms with Gasteiger partial charge in [-0.1, -0.05) is 25.5 Å². The van der Waals surface area contributed by atoms with Crippen LogP contribution in [0.25, 0.3) is 5.82 Å². The quantitative estimate of drug-likeness (QED) is 0.816. The topological polar surface area (TPSA) is 88.9 Å². The van der Waals surface area contributed by atoms with E-state index in [4.69, 9.17) is 0 Å². The zero-order valence-corrected chi connectivity index (χ0v) is 13.9. The highest BCUT2D eigenvalue weighted by Crippen LogP contribution is 2.26. The minimum atomic E-state index is -0.254. The summed E-state index contributed by atoms with van der Waals surface area (Å²) < 4.78 is 1.60. The SMILES string of the molecule is C=CC(=O)N[C@@H]1CCCC[C@@H]1C(=O)Nc1cnn(-c2ccccn2)c1. The Balaban J connectivity index is 1.67. The van der Waals surface area contributed by atoms with E-state index < -0.39 is 0 Å². The number of nitrogens with zero attached hydrogens (tertiary/aromatic N) is 3. The Bertz CT molecular complexity index is 756. The monoisotopic (exact) mass is 339 g/mol. The van der Waals surface area contributed by atoms with Crippen molar-refractivity contribution in [3.63, 3.8) is 0 Å². The summed E-state index contributed by atoms with van der Waals surface area (Å²) in [5.74, 6) is 0.0787. The predicted octanol–water partition coefficient (Wildman–Crippen LogP) is 2.07. The summed E-state index contributed by atoms with van der Waals surface area (Å²) in [7, 11) is 0. The highest BCUT2D eigenvalue weighted by atomic mass is 16.2. The van der Waals surface area contributed by atoms with Crippen LogP contribution in [0.3, 0.4) is 0 Å². The van der Waals surface area contributed by atoms with Crippen molar-refractivity contribution >= 4 is 17.5 Å². The molecule has 25 heavy (non-hydrogen) atoms. The van der Waals surface area contributed by atoms with Crippen molar-refractivity contribution < 1.29 is 9.59 Å². The first-order chi connectivity index (χ1) is 12.2. The normalized spacial score (nSPS) is 19.8. The second-order valence-electron chi connectivity index (χ2n) is 6.06. The van der Waals surface area contributed by atoms with E-state index in [1.165, 1.54) is 6.08 Å². The zero-order chi connectivity index (χ0) is 17.6. The molecule has 7 nitrogen and oxygen atoms in total. The van der Waals surface area contributed by atoms with Gasteiger partial charge in [-0.25, -0.2) is 9.67 Å². The number of hydrogen-bond acceptors (Lipinski definition) is 4. The molecular weight excluding hydrogens is 318 g/mol. The van der Waals surface area contributed by atoms with Crippen molar-refractivity contribution in [2.24, 2.45) is 5.92 Å². The van der Waals surface area contributed by atoms with Gasteiger partial charge in [0, 0.05) is 12.2 Å². The van der Waals surface area contributed by atoms with Crippen LogP contribution in [0.1, 0.15) is 25.7 Å². The summed E-state index contributed by atoms with van der Waals surface area (Å²) in [6.45, 7) is 3.47. The Morgan fingerprint density at radius 2 is 2.12 bits per heavy atom. The number of aromatic nitrogens is 3. The Labute approximate surface area is 146 Å². The molecule has 0 unspecified atom stereocenters. The van der Waals surface area contributed by atoms with Crippen molar-refractivity contribution in [2.75, 3.05) is 5.32 Å². The van der Waals surface area contributed by atoms with Crippen LogP contribution in [0.15, 0.2) is 49.4 Å². The van der Waals surface area contributed by atoms with Gasteiger partial charge in [0.25, 0.3) is 0 Å². The molecule has 0 radical (unpaired) electrons. The van der Waals surface area contributed by atoms with Crippen LogP contribution in [0.5, 0.6) is 0 Å². The largest absolute Gasteiger partial charge is 0.349 e. The summed E-state index contributed by atoms with van der Waals surface area (Å²) in [6.07, 6.45) is 9.76. The van der Waals surface area contributed by atoms with Crippen LogP contribution in [0.2, 0.25) is 0 Å². The third-order valence-corrected chi connectivity index (χ3v) is 4.35. The number of rotatable bonds is 5. The molecule has 2 heterocycles. The van der Waals surface area contributed by atoms with Gasteiger partial charge in [0.15, 0.2) is 5.82 Å². The van der Waals surface area contributed by atoms with E-state index in [0.717, 1.165) is 25.7 Å². The molecule has 3 rings (SSSR count). The summed E-state index contributed by atoms with van der Waals surface area (Å²) >= 11 is 0. The first-order valence-electron chi connectivity index (χ1n) is 8.37. The molecular formula is C18H21N5O2. The lowest BCUT2D eigenvalue weighted by molar-refractivity contribution is -0.123. The van der Waals surface area contributed by atoms with Crippen LogP contribution >= 0.6 is 0 Å². The van der Waals surface area contributed by atoms with E-state index in [2.05, 4.69) is 27.3 Å². The second kappa shape index (κ2) is 7.74. The average molecular weight is 339 g/mol. The molecule has 0 aliphatic heterocycles. The number of carbonyl (C=O) groups is 2. The van der Waals surface area contributed by atoms with Crippen molar-refractivity contribution in [3.05, 3.63) is 49.4 Å².